The van der Waals surface area contributed by atoms with Crippen molar-refractivity contribution in [2.24, 2.45) is 16.3 Å². The summed E-state index contributed by atoms with van der Waals surface area (Å²) < 4.78 is 0. The number of carbonyl (C=O) groups is 2. The van der Waals surface area contributed by atoms with Gasteiger partial charge >= 0.3 is 0 Å². The first kappa shape index (κ1) is 8.36. The summed E-state index contributed by atoms with van der Waals surface area (Å²) >= 11 is 0. The number of benzene rings is 1. The van der Waals surface area contributed by atoms with Crippen molar-refractivity contribution in [2.45, 2.75) is 0 Å². The first-order chi connectivity index (χ1) is 6.75. The number of fused-ring (bicyclic) bond motifs is 1. The Hall–Kier alpha value is -2.24. The van der Waals surface area contributed by atoms with Crippen LogP contribution in [0.15, 0.2) is 34.7 Å². The molecule has 0 fully saturated rings. The first-order valence-corrected chi connectivity index (χ1v) is 3.84. The zero-order valence-electron chi connectivity index (χ0n) is 7.04. The zero-order chi connectivity index (χ0) is 10.1. The summed E-state index contributed by atoms with van der Waals surface area (Å²) in [7, 11) is 0. The molecule has 6 heteroatoms. The highest BCUT2D eigenvalue weighted by Gasteiger charge is 2.35. The largest absolute Gasteiger partial charge is 0.303 e. The Bertz CT molecular complexity index is 406. The lowest BCUT2D eigenvalue weighted by Crippen LogP contribution is -2.23. The van der Waals surface area contributed by atoms with Crippen molar-refractivity contribution in [1.29, 1.82) is 0 Å². The molecule has 1 aliphatic rings. The van der Waals surface area contributed by atoms with Crippen molar-refractivity contribution >= 4 is 11.8 Å². The molecule has 1 aromatic rings. The lowest BCUT2D eigenvalue weighted by molar-refractivity contribution is 0.0643. The van der Waals surface area contributed by atoms with Gasteiger partial charge in [-0.1, -0.05) is 17.4 Å². The summed E-state index contributed by atoms with van der Waals surface area (Å²) in [6, 6.07) is 6.46. The molecule has 0 saturated carbocycles. The molecule has 0 bridgehead atoms. The summed E-state index contributed by atoms with van der Waals surface area (Å²) in [5.41, 5.74) is 0.648. The molecule has 1 heterocycles. The molecular formula is C8H6N4O2. The van der Waals surface area contributed by atoms with Crippen LogP contribution < -0.4 is 5.84 Å². The van der Waals surface area contributed by atoms with Gasteiger partial charge in [0.25, 0.3) is 11.8 Å². The molecule has 2 rings (SSSR count). The second-order valence-corrected chi connectivity index (χ2v) is 2.67. The van der Waals surface area contributed by atoms with Crippen LogP contribution in [0, 0.1) is 0 Å². The first-order valence-electron chi connectivity index (χ1n) is 3.84. The molecule has 14 heavy (non-hydrogen) atoms. The van der Waals surface area contributed by atoms with Gasteiger partial charge in [0.15, 0.2) is 0 Å². The minimum Gasteiger partial charge on any atom is -0.303 e. The van der Waals surface area contributed by atoms with E-state index in [1.54, 1.807) is 24.3 Å². The van der Waals surface area contributed by atoms with E-state index in [2.05, 4.69) is 10.4 Å². The molecule has 0 aromatic heterocycles. The third-order valence-corrected chi connectivity index (χ3v) is 1.91. The molecule has 6 nitrogen and oxygen atoms in total. The highest BCUT2D eigenvalue weighted by atomic mass is 16.2. The number of hydrogen-bond acceptors (Lipinski definition) is 4. The molecule has 0 saturated heterocycles. The van der Waals surface area contributed by atoms with Crippen LogP contribution in [0.3, 0.4) is 0 Å². The van der Waals surface area contributed by atoms with E-state index in [0.29, 0.717) is 16.1 Å². The van der Waals surface area contributed by atoms with Gasteiger partial charge in [-0.15, -0.1) is 5.01 Å². The van der Waals surface area contributed by atoms with Crippen LogP contribution in [0.4, 0.5) is 0 Å². The van der Waals surface area contributed by atoms with E-state index < -0.39 is 11.8 Å². The van der Waals surface area contributed by atoms with Crippen molar-refractivity contribution in [3.8, 4) is 0 Å². The molecule has 2 amide bonds. The van der Waals surface area contributed by atoms with Crippen LogP contribution in [-0.4, -0.2) is 16.8 Å². The topological polar surface area (TPSA) is 88.1 Å². The third-order valence-electron chi connectivity index (χ3n) is 1.91. The van der Waals surface area contributed by atoms with Crippen LogP contribution in [0.1, 0.15) is 20.7 Å². The molecule has 0 spiro atoms. The molecule has 2 N–H and O–H groups in total. The summed E-state index contributed by atoms with van der Waals surface area (Å²) in [6.07, 6.45) is 0. The molecule has 1 aliphatic heterocycles. The number of amides is 2. The normalized spacial score (nSPS) is 15.3. The van der Waals surface area contributed by atoms with Gasteiger partial charge in [-0.3, -0.25) is 9.59 Å². The Morgan fingerprint density at radius 3 is 2.00 bits per heavy atom. The van der Waals surface area contributed by atoms with Crippen LogP contribution in [0.5, 0.6) is 0 Å². The molecule has 0 atom stereocenters. The average Bonchev–Trinajstić information content (AvgIpc) is 2.45. The Labute approximate surface area is 79.0 Å². The summed E-state index contributed by atoms with van der Waals surface area (Å²) in [5, 5.41) is 6.79. The van der Waals surface area contributed by atoms with Crippen LogP contribution in [0.2, 0.25) is 0 Å². The third kappa shape index (κ3) is 0.972. The molecule has 0 unspecified atom stereocenters. The fraction of sp³-hybridized carbons (Fsp3) is 0. The van der Waals surface area contributed by atoms with Gasteiger partial charge in [0.05, 0.1) is 11.1 Å². The van der Waals surface area contributed by atoms with E-state index in [-0.39, 0.29) is 0 Å². The van der Waals surface area contributed by atoms with Gasteiger partial charge in [-0.25, -0.2) is 0 Å². The molecule has 0 aliphatic carbocycles. The van der Waals surface area contributed by atoms with Crippen molar-refractivity contribution in [3.05, 3.63) is 35.4 Å². The van der Waals surface area contributed by atoms with Gasteiger partial charge in [-0.05, 0) is 17.4 Å². The van der Waals surface area contributed by atoms with E-state index >= 15 is 0 Å². The fourth-order valence-corrected chi connectivity index (χ4v) is 1.31. The van der Waals surface area contributed by atoms with Crippen LogP contribution >= 0.6 is 0 Å². The number of carbonyl (C=O) groups excluding carboxylic acids is 2. The van der Waals surface area contributed by atoms with E-state index in [9.17, 15) is 9.59 Å². The number of hydrogen-bond donors (Lipinski definition) is 1. The van der Waals surface area contributed by atoms with Crippen LogP contribution in [-0.2, 0) is 0 Å². The second kappa shape index (κ2) is 2.91. The maximum atomic E-state index is 11.5. The average molecular weight is 190 g/mol. The maximum absolute atomic E-state index is 11.5. The smallest absolute Gasteiger partial charge is 0.283 e. The number of rotatable bonds is 1. The highest BCUT2D eigenvalue weighted by Crippen LogP contribution is 2.22. The summed E-state index contributed by atoms with van der Waals surface area (Å²) in [5.74, 6) is 3.78. The van der Waals surface area contributed by atoms with Gasteiger partial charge in [0.1, 0.15) is 0 Å². The molecule has 0 radical (unpaired) electrons. The molecule has 70 valence electrons. The van der Waals surface area contributed by atoms with Crippen molar-refractivity contribution in [3.63, 3.8) is 0 Å². The van der Waals surface area contributed by atoms with Crippen LogP contribution in [0.25, 0.3) is 0 Å². The minimum absolute atomic E-state index is 0.324. The lowest BCUT2D eigenvalue weighted by atomic mass is 10.1. The van der Waals surface area contributed by atoms with Gasteiger partial charge in [0.2, 0.25) is 0 Å². The van der Waals surface area contributed by atoms with Gasteiger partial charge in [0, 0.05) is 0 Å². The Morgan fingerprint density at radius 1 is 1.07 bits per heavy atom. The quantitative estimate of drug-likeness (QED) is 0.303. The predicted octanol–water partition coefficient (Wildman–Crippen LogP) is 0.524. The number of imide groups is 1. The monoisotopic (exact) mass is 190 g/mol. The number of nitrogens with zero attached hydrogens (tertiary/aromatic N) is 3. The predicted molar refractivity (Wildman–Crippen MR) is 46.0 cm³/mol. The van der Waals surface area contributed by atoms with Crippen molar-refractivity contribution < 1.29 is 9.59 Å². The summed E-state index contributed by atoms with van der Waals surface area (Å²) in [4.78, 5) is 23.0. The lowest BCUT2D eigenvalue weighted by Gasteiger charge is -2.01. The standard InChI is InChI=1S/C8H6N4O2/c9-10-11-12-7(13)5-3-1-2-4-6(5)8(12)14/h1-4H,(H2,9,11). The second-order valence-electron chi connectivity index (χ2n) is 2.67. The Balaban J connectivity index is 2.53. The molecular weight excluding hydrogens is 184 g/mol. The van der Waals surface area contributed by atoms with Crippen molar-refractivity contribution in [1.82, 2.24) is 5.01 Å². The highest BCUT2D eigenvalue weighted by molar-refractivity contribution is 6.20. The molecule has 1 aromatic carbocycles. The maximum Gasteiger partial charge on any atom is 0.283 e. The zero-order valence-corrected chi connectivity index (χ0v) is 7.04. The van der Waals surface area contributed by atoms with Crippen molar-refractivity contribution in [2.75, 3.05) is 0 Å². The Morgan fingerprint density at radius 2 is 1.57 bits per heavy atom. The summed E-state index contributed by atoms with van der Waals surface area (Å²) in [6.45, 7) is 0. The van der Waals surface area contributed by atoms with E-state index in [1.807, 2.05) is 0 Å². The Kier molecular flexibility index (Phi) is 1.74. The van der Waals surface area contributed by atoms with Gasteiger partial charge in [-0.2, -0.15) is 0 Å². The SMILES string of the molecule is N/N=N/N1C(=O)c2ccccc2C1=O. The number of nitrogens with two attached hydrogens (primary N) is 1. The minimum atomic E-state index is -0.500. The fourth-order valence-electron chi connectivity index (χ4n) is 1.31. The van der Waals surface area contributed by atoms with E-state index in [1.165, 1.54) is 0 Å². The van der Waals surface area contributed by atoms with E-state index in [0.717, 1.165) is 0 Å². The van der Waals surface area contributed by atoms with Gasteiger partial charge < -0.3 is 5.84 Å². The van der Waals surface area contributed by atoms with E-state index in [4.69, 9.17) is 5.84 Å².